The SMILES string of the molecule is FC1C(F)(F)C(F)(F)C(F)C2(F)C(F)C(F)(C(F)(F)F)C(F)(F)C(F)C12F. The summed E-state index contributed by atoms with van der Waals surface area (Å²) in [5.74, 6) is -20.8. The zero-order valence-electron chi connectivity index (χ0n) is 11.9. The normalized spacial score (nSPS) is 51.6. The Morgan fingerprint density at radius 1 is 0.444 bits per heavy atom. The van der Waals surface area contributed by atoms with Gasteiger partial charge in [0.05, 0.1) is 0 Å². The van der Waals surface area contributed by atoms with Crippen LogP contribution in [0.15, 0.2) is 0 Å². The quantitative estimate of drug-likeness (QED) is 0.468. The number of alkyl halides is 16. The third kappa shape index (κ3) is 1.90. The second-order valence-corrected chi connectivity index (χ2v) is 6.06. The summed E-state index contributed by atoms with van der Waals surface area (Å²) in [6.07, 6.45) is -31.1. The highest BCUT2D eigenvalue weighted by Gasteiger charge is 2.99. The smallest absolute Gasteiger partial charge is 0.239 e. The fraction of sp³-hybridized carbons (Fsp3) is 1.00. The Bertz CT molecular complexity index is 626. The lowest BCUT2D eigenvalue weighted by molar-refractivity contribution is -0.436. The van der Waals surface area contributed by atoms with Gasteiger partial charge in [-0.05, 0) is 0 Å². The molecule has 2 aliphatic carbocycles. The lowest BCUT2D eigenvalue weighted by atomic mass is 9.55. The van der Waals surface area contributed by atoms with Gasteiger partial charge < -0.3 is 0 Å². The van der Waals surface area contributed by atoms with Gasteiger partial charge in [-0.15, -0.1) is 0 Å². The van der Waals surface area contributed by atoms with Crippen molar-refractivity contribution in [3.05, 3.63) is 0 Å². The van der Waals surface area contributed by atoms with Crippen molar-refractivity contribution in [3.8, 4) is 0 Å². The van der Waals surface area contributed by atoms with E-state index in [2.05, 4.69) is 0 Å². The van der Waals surface area contributed by atoms with Gasteiger partial charge in [0.2, 0.25) is 29.9 Å². The maximum atomic E-state index is 14.4. The van der Waals surface area contributed by atoms with Crippen LogP contribution in [-0.4, -0.2) is 65.6 Å². The minimum atomic E-state index is -7.39. The summed E-state index contributed by atoms with van der Waals surface area (Å²) in [5, 5.41) is 0. The summed E-state index contributed by atoms with van der Waals surface area (Å²) in [6.45, 7) is 0. The van der Waals surface area contributed by atoms with Crippen LogP contribution >= 0.6 is 0 Å². The molecule has 7 unspecified atom stereocenters. The Morgan fingerprint density at radius 2 is 0.704 bits per heavy atom. The fourth-order valence-corrected chi connectivity index (χ4v) is 3.14. The predicted molar refractivity (Wildman–Crippen MR) is 52.0 cm³/mol. The van der Waals surface area contributed by atoms with Gasteiger partial charge >= 0.3 is 29.6 Å². The molecule has 16 heteroatoms. The van der Waals surface area contributed by atoms with Gasteiger partial charge in [0, 0.05) is 0 Å². The number of hydrogen-bond acceptors (Lipinski definition) is 0. The van der Waals surface area contributed by atoms with E-state index >= 15 is 0 Å². The van der Waals surface area contributed by atoms with E-state index in [-0.39, 0.29) is 0 Å². The monoisotopic (exact) mass is 440 g/mol. The zero-order valence-corrected chi connectivity index (χ0v) is 11.9. The molecule has 27 heavy (non-hydrogen) atoms. The summed E-state index contributed by atoms with van der Waals surface area (Å²) in [5.41, 5.74) is -20.6. The molecule has 0 spiro atoms. The molecular weight excluding hydrogens is 436 g/mol. The van der Waals surface area contributed by atoms with E-state index in [0.29, 0.717) is 0 Å². The first-order valence-corrected chi connectivity index (χ1v) is 6.45. The van der Waals surface area contributed by atoms with Gasteiger partial charge in [-0.3, -0.25) is 0 Å². The van der Waals surface area contributed by atoms with Crippen LogP contribution in [0, 0.1) is 0 Å². The van der Waals surface area contributed by atoms with E-state index in [0.717, 1.165) is 0 Å². The molecule has 0 heterocycles. The first kappa shape index (κ1) is 22.2. The molecule has 0 bridgehead atoms. The molecule has 0 nitrogen and oxygen atoms in total. The molecule has 2 rings (SSSR count). The molecule has 160 valence electrons. The Labute approximate surface area is 137 Å². The summed E-state index contributed by atoms with van der Waals surface area (Å²) < 4.78 is 215. The van der Waals surface area contributed by atoms with Crippen LogP contribution in [0.5, 0.6) is 0 Å². The highest BCUT2D eigenvalue weighted by atomic mass is 19.4. The molecule has 0 aromatic rings. The maximum absolute atomic E-state index is 14.4. The standard InChI is InChI=1S/C11H4F16/c12-1-5(16)3(14)9(21,22)10(23,24)4(15)6(5,17)2(13)8(19,20)7(1,18)11(25,26)27/h1-4H. The maximum Gasteiger partial charge on any atom is 0.431 e. The molecule has 0 aromatic carbocycles. The van der Waals surface area contributed by atoms with E-state index in [1.54, 1.807) is 0 Å². The summed E-state index contributed by atoms with van der Waals surface area (Å²) in [4.78, 5) is 0. The van der Waals surface area contributed by atoms with Crippen LogP contribution in [0.4, 0.5) is 70.2 Å². The molecule has 0 N–H and O–H groups in total. The zero-order chi connectivity index (χ0) is 21.8. The van der Waals surface area contributed by atoms with E-state index in [1.165, 1.54) is 0 Å². The molecule has 0 aromatic heterocycles. The van der Waals surface area contributed by atoms with E-state index in [9.17, 15) is 70.2 Å². The second-order valence-electron chi connectivity index (χ2n) is 6.06. The molecule has 0 radical (unpaired) electrons. The van der Waals surface area contributed by atoms with Crippen molar-refractivity contribution in [1.29, 1.82) is 0 Å². The van der Waals surface area contributed by atoms with E-state index < -0.39 is 65.6 Å². The third-order valence-electron chi connectivity index (χ3n) is 4.71. The second kappa shape index (κ2) is 5.07. The first-order valence-electron chi connectivity index (χ1n) is 6.45. The largest absolute Gasteiger partial charge is 0.431 e. The van der Waals surface area contributed by atoms with Crippen molar-refractivity contribution in [3.63, 3.8) is 0 Å². The average Bonchev–Trinajstić information content (AvgIpc) is 2.53. The molecular formula is C11H4F16. The molecule has 2 saturated carbocycles. The molecule has 0 saturated heterocycles. The van der Waals surface area contributed by atoms with Gasteiger partial charge in [0.15, 0.2) is 6.17 Å². The molecule has 0 amide bonds. The number of rotatable bonds is 0. The minimum absolute atomic E-state index is 5.81. The molecule has 2 aliphatic rings. The minimum Gasteiger partial charge on any atom is -0.239 e. The lowest BCUT2D eigenvalue weighted by Gasteiger charge is -2.60. The third-order valence-corrected chi connectivity index (χ3v) is 4.71. The highest BCUT2D eigenvalue weighted by molar-refractivity contribution is 5.36. The van der Waals surface area contributed by atoms with Crippen molar-refractivity contribution in [2.75, 3.05) is 0 Å². The summed E-state index contributed by atoms with van der Waals surface area (Å²) >= 11 is 0. The van der Waals surface area contributed by atoms with Crippen LogP contribution in [0.1, 0.15) is 0 Å². The van der Waals surface area contributed by atoms with E-state index in [1.807, 2.05) is 0 Å². The van der Waals surface area contributed by atoms with Crippen molar-refractivity contribution in [2.45, 2.75) is 65.6 Å². The molecule has 0 aliphatic heterocycles. The number of fused-ring (bicyclic) bond motifs is 1. The van der Waals surface area contributed by atoms with Crippen LogP contribution in [0.25, 0.3) is 0 Å². The molecule has 7 atom stereocenters. The summed E-state index contributed by atoms with van der Waals surface area (Å²) in [6, 6.07) is 0. The van der Waals surface area contributed by atoms with Crippen molar-refractivity contribution in [1.82, 2.24) is 0 Å². The van der Waals surface area contributed by atoms with Gasteiger partial charge in [0.25, 0.3) is 0 Å². The first-order chi connectivity index (χ1) is 11.6. The number of hydrogen-bond donors (Lipinski definition) is 0. The molecule has 2 fully saturated rings. The van der Waals surface area contributed by atoms with Crippen molar-refractivity contribution >= 4 is 0 Å². The summed E-state index contributed by atoms with van der Waals surface area (Å²) in [7, 11) is 0. The van der Waals surface area contributed by atoms with Crippen LogP contribution < -0.4 is 0 Å². The predicted octanol–water partition coefficient (Wildman–Crippen LogP) is 4.96. The van der Waals surface area contributed by atoms with Gasteiger partial charge in [0.1, 0.15) is 0 Å². The van der Waals surface area contributed by atoms with Crippen molar-refractivity contribution < 1.29 is 70.2 Å². The Kier molecular flexibility index (Phi) is 4.17. The van der Waals surface area contributed by atoms with Crippen LogP contribution in [-0.2, 0) is 0 Å². The Hall–Kier alpha value is -1.12. The van der Waals surface area contributed by atoms with Crippen LogP contribution in [0.2, 0.25) is 0 Å². The van der Waals surface area contributed by atoms with Gasteiger partial charge in [-0.1, -0.05) is 0 Å². The fourth-order valence-electron chi connectivity index (χ4n) is 3.14. The Morgan fingerprint density at radius 3 is 1.00 bits per heavy atom. The Balaban J connectivity index is 2.94. The van der Waals surface area contributed by atoms with Gasteiger partial charge in [-0.2, -0.15) is 39.5 Å². The lowest BCUT2D eigenvalue weighted by Crippen LogP contribution is -2.91. The number of halogens is 16. The van der Waals surface area contributed by atoms with E-state index in [4.69, 9.17) is 0 Å². The topological polar surface area (TPSA) is 0 Å². The average molecular weight is 440 g/mol. The van der Waals surface area contributed by atoms with Gasteiger partial charge in [-0.25, -0.2) is 30.7 Å². The highest BCUT2D eigenvalue weighted by Crippen LogP contribution is 2.70. The van der Waals surface area contributed by atoms with Crippen LogP contribution in [0.3, 0.4) is 0 Å². The van der Waals surface area contributed by atoms with Crippen molar-refractivity contribution in [2.24, 2.45) is 0 Å².